The van der Waals surface area contributed by atoms with Crippen LogP contribution in [0.5, 0.6) is 0 Å². The zero-order chi connectivity index (χ0) is 13.7. The van der Waals surface area contributed by atoms with Gasteiger partial charge in [-0.1, -0.05) is 12.8 Å². The molecule has 3 aromatic rings. The Hall–Kier alpha value is -2.02. The number of halogens is 1. The van der Waals surface area contributed by atoms with E-state index in [2.05, 4.69) is 20.2 Å². The molecule has 1 saturated carbocycles. The second kappa shape index (κ2) is 4.24. The van der Waals surface area contributed by atoms with E-state index in [1.54, 1.807) is 15.2 Å². The highest BCUT2D eigenvalue weighted by molar-refractivity contribution is 6.28. The summed E-state index contributed by atoms with van der Waals surface area (Å²) < 4.78 is 3.32. The summed E-state index contributed by atoms with van der Waals surface area (Å²) in [6.07, 6.45) is 7.29. The van der Waals surface area contributed by atoms with Crippen molar-refractivity contribution in [2.24, 2.45) is 0 Å². The molecule has 102 valence electrons. The molecule has 20 heavy (non-hydrogen) atoms. The third kappa shape index (κ3) is 1.56. The standard InChI is InChI=1S/C12H11ClN6O/c13-12-14-5-8-9(16-12)19(7-3-1-2-4-7)11(20)10-17-15-6-18(8)10/h5-7H,1-4H2. The summed E-state index contributed by atoms with van der Waals surface area (Å²) in [6.45, 7) is 0. The molecule has 0 bridgehead atoms. The van der Waals surface area contributed by atoms with E-state index < -0.39 is 0 Å². The minimum absolute atomic E-state index is 0.135. The molecule has 0 N–H and O–H groups in total. The Bertz CT molecular complexity index is 863. The van der Waals surface area contributed by atoms with Gasteiger partial charge in [0, 0.05) is 6.04 Å². The van der Waals surface area contributed by atoms with Gasteiger partial charge < -0.3 is 0 Å². The van der Waals surface area contributed by atoms with Gasteiger partial charge in [0.1, 0.15) is 11.8 Å². The number of rotatable bonds is 1. The molecule has 0 atom stereocenters. The van der Waals surface area contributed by atoms with Crippen LogP contribution in [0.25, 0.3) is 16.8 Å². The molecular weight excluding hydrogens is 280 g/mol. The zero-order valence-corrected chi connectivity index (χ0v) is 11.3. The van der Waals surface area contributed by atoms with E-state index in [1.807, 2.05) is 0 Å². The minimum atomic E-state index is -0.170. The number of fused-ring (bicyclic) bond motifs is 3. The summed E-state index contributed by atoms with van der Waals surface area (Å²) in [7, 11) is 0. The fourth-order valence-electron chi connectivity index (χ4n) is 2.96. The van der Waals surface area contributed by atoms with Crippen LogP contribution in [-0.4, -0.2) is 29.1 Å². The van der Waals surface area contributed by atoms with Gasteiger partial charge in [0.15, 0.2) is 5.65 Å². The van der Waals surface area contributed by atoms with Crippen molar-refractivity contribution in [2.75, 3.05) is 0 Å². The van der Waals surface area contributed by atoms with Gasteiger partial charge >= 0.3 is 0 Å². The van der Waals surface area contributed by atoms with E-state index in [1.165, 1.54) is 6.33 Å². The molecule has 0 radical (unpaired) electrons. The molecule has 4 rings (SSSR count). The molecule has 0 amide bonds. The lowest BCUT2D eigenvalue weighted by molar-refractivity contribution is 0.515. The average molecular weight is 291 g/mol. The number of nitrogens with zero attached hydrogens (tertiary/aromatic N) is 6. The van der Waals surface area contributed by atoms with Crippen LogP contribution in [0.2, 0.25) is 5.28 Å². The Balaban J connectivity index is 2.19. The number of aromatic nitrogens is 6. The quantitative estimate of drug-likeness (QED) is 0.636. The summed E-state index contributed by atoms with van der Waals surface area (Å²) in [6, 6.07) is 0.151. The molecule has 0 aromatic carbocycles. The van der Waals surface area contributed by atoms with Crippen LogP contribution >= 0.6 is 11.6 Å². The highest BCUT2D eigenvalue weighted by Gasteiger charge is 2.23. The lowest BCUT2D eigenvalue weighted by atomic mass is 10.2. The first-order valence-electron chi connectivity index (χ1n) is 6.52. The molecule has 8 heteroatoms. The van der Waals surface area contributed by atoms with E-state index in [0.29, 0.717) is 16.8 Å². The zero-order valence-electron chi connectivity index (χ0n) is 10.5. The van der Waals surface area contributed by atoms with Gasteiger partial charge in [0.25, 0.3) is 5.56 Å². The molecule has 1 aliphatic carbocycles. The summed E-state index contributed by atoms with van der Waals surface area (Å²) >= 11 is 5.90. The Kier molecular flexibility index (Phi) is 2.50. The lowest BCUT2D eigenvalue weighted by Gasteiger charge is -2.16. The first-order chi connectivity index (χ1) is 9.75. The van der Waals surface area contributed by atoms with E-state index in [4.69, 9.17) is 11.6 Å². The summed E-state index contributed by atoms with van der Waals surface area (Å²) in [5, 5.41) is 7.86. The average Bonchev–Trinajstić information content (AvgIpc) is 3.09. The van der Waals surface area contributed by atoms with Crippen LogP contribution in [0.1, 0.15) is 31.7 Å². The molecule has 1 aliphatic rings. The van der Waals surface area contributed by atoms with E-state index >= 15 is 0 Å². The molecule has 0 spiro atoms. The molecule has 3 aromatic heterocycles. The Morgan fingerprint density at radius 2 is 2.05 bits per heavy atom. The second-order valence-corrected chi connectivity index (χ2v) is 5.32. The van der Waals surface area contributed by atoms with Crippen LogP contribution in [0.15, 0.2) is 17.3 Å². The Morgan fingerprint density at radius 1 is 1.25 bits per heavy atom. The van der Waals surface area contributed by atoms with Crippen molar-refractivity contribution in [3.63, 3.8) is 0 Å². The van der Waals surface area contributed by atoms with Crippen LogP contribution in [0, 0.1) is 0 Å². The maximum atomic E-state index is 12.6. The van der Waals surface area contributed by atoms with Crippen molar-refractivity contribution < 1.29 is 0 Å². The first kappa shape index (κ1) is 11.8. The van der Waals surface area contributed by atoms with Crippen LogP contribution in [-0.2, 0) is 0 Å². The fraction of sp³-hybridized carbons (Fsp3) is 0.417. The highest BCUT2D eigenvalue weighted by Crippen LogP contribution is 2.30. The van der Waals surface area contributed by atoms with E-state index in [-0.39, 0.29) is 16.9 Å². The summed E-state index contributed by atoms with van der Waals surface area (Å²) in [5.74, 6) is 0. The van der Waals surface area contributed by atoms with Crippen LogP contribution < -0.4 is 5.56 Å². The van der Waals surface area contributed by atoms with Gasteiger partial charge in [-0.05, 0) is 24.4 Å². The van der Waals surface area contributed by atoms with Gasteiger partial charge in [-0.25, -0.2) is 4.98 Å². The molecule has 0 aliphatic heterocycles. The molecule has 7 nitrogen and oxygen atoms in total. The van der Waals surface area contributed by atoms with Crippen molar-refractivity contribution >= 4 is 28.4 Å². The van der Waals surface area contributed by atoms with Crippen molar-refractivity contribution in [3.05, 3.63) is 28.2 Å². The van der Waals surface area contributed by atoms with Crippen LogP contribution in [0.4, 0.5) is 0 Å². The Morgan fingerprint density at radius 3 is 2.85 bits per heavy atom. The van der Waals surface area contributed by atoms with Gasteiger partial charge in [0.2, 0.25) is 10.9 Å². The molecule has 0 saturated heterocycles. The predicted octanol–water partition coefficient (Wildman–Crippen LogP) is 1.60. The summed E-state index contributed by atoms with van der Waals surface area (Å²) in [4.78, 5) is 20.9. The third-order valence-electron chi connectivity index (χ3n) is 3.86. The van der Waals surface area contributed by atoms with Crippen molar-refractivity contribution in [2.45, 2.75) is 31.7 Å². The smallest absolute Gasteiger partial charge is 0.285 e. The molecule has 0 unspecified atom stereocenters. The van der Waals surface area contributed by atoms with E-state index in [0.717, 1.165) is 25.7 Å². The third-order valence-corrected chi connectivity index (χ3v) is 4.04. The van der Waals surface area contributed by atoms with Gasteiger partial charge in [-0.15, -0.1) is 10.2 Å². The number of hydrogen-bond acceptors (Lipinski definition) is 5. The normalized spacial score (nSPS) is 16.4. The molecule has 3 heterocycles. The van der Waals surface area contributed by atoms with Crippen LogP contribution in [0.3, 0.4) is 0 Å². The van der Waals surface area contributed by atoms with Gasteiger partial charge in [0.05, 0.1) is 6.20 Å². The van der Waals surface area contributed by atoms with Gasteiger partial charge in [-0.3, -0.25) is 13.8 Å². The molecule has 1 fully saturated rings. The van der Waals surface area contributed by atoms with Crippen molar-refractivity contribution in [1.29, 1.82) is 0 Å². The summed E-state index contributed by atoms with van der Waals surface area (Å²) in [5.41, 5.74) is 1.38. The molecular formula is C12H11ClN6O. The highest BCUT2D eigenvalue weighted by atomic mass is 35.5. The first-order valence-corrected chi connectivity index (χ1v) is 6.90. The topological polar surface area (TPSA) is 78.0 Å². The Labute approximate surface area is 118 Å². The fourth-order valence-corrected chi connectivity index (χ4v) is 3.08. The maximum absolute atomic E-state index is 12.6. The van der Waals surface area contributed by atoms with E-state index in [9.17, 15) is 4.79 Å². The monoisotopic (exact) mass is 290 g/mol. The predicted molar refractivity (Wildman–Crippen MR) is 72.9 cm³/mol. The second-order valence-electron chi connectivity index (χ2n) is 4.99. The number of hydrogen-bond donors (Lipinski definition) is 0. The SMILES string of the molecule is O=c1c2nncn2c2cnc(Cl)nc2n1C1CCCC1. The van der Waals surface area contributed by atoms with Gasteiger partial charge in [-0.2, -0.15) is 4.98 Å². The minimum Gasteiger partial charge on any atom is -0.285 e. The maximum Gasteiger partial charge on any atom is 0.298 e. The lowest BCUT2D eigenvalue weighted by Crippen LogP contribution is -2.27. The van der Waals surface area contributed by atoms with Crippen molar-refractivity contribution in [1.82, 2.24) is 29.1 Å². The van der Waals surface area contributed by atoms with Crippen molar-refractivity contribution in [3.8, 4) is 0 Å². The largest absolute Gasteiger partial charge is 0.298 e.